The first kappa shape index (κ1) is 30.0. The number of alkyl halides is 3. The van der Waals surface area contributed by atoms with E-state index in [0.29, 0.717) is 30.2 Å². The molecule has 3 aromatic rings. The molecule has 4 rings (SSSR count). The second kappa shape index (κ2) is 12.7. The maximum atomic E-state index is 13.4. The van der Waals surface area contributed by atoms with Gasteiger partial charge >= 0.3 is 6.18 Å². The molecular formula is C30H38F3N3O3Si. The molecule has 0 spiro atoms. The van der Waals surface area contributed by atoms with Gasteiger partial charge in [0.1, 0.15) is 24.1 Å². The van der Waals surface area contributed by atoms with Crippen molar-refractivity contribution >= 4 is 13.9 Å². The molecule has 0 aliphatic heterocycles. The van der Waals surface area contributed by atoms with Crippen molar-refractivity contribution in [2.75, 3.05) is 6.61 Å². The largest absolute Gasteiger partial charge is 0.490 e. The Morgan fingerprint density at radius 1 is 1.07 bits per heavy atom. The molecule has 2 atom stereocenters. The monoisotopic (exact) mass is 573 g/mol. The zero-order valence-corrected chi connectivity index (χ0v) is 24.6. The van der Waals surface area contributed by atoms with Gasteiger partial charge in [-0.2, -0.15) is 13.2 Å². The summed E-state index contributed by atoms with van der Waals surface area (Å²) >= 11 is 0. The zero-order chi connectivity index (χ0) is 28.9. The molecule has 0 bridgehead atoms. The molecule has 0 N–H and O–H groups in total. The Morgan fingerprint density at radius 2 is 1.80 bits per heavy atom. The lowest BCUT2D eigenvalue weighted by Crippen LogP contribution is -2.26. The summed E-state index contributed by atoms with van der Waals surface area (Å²) in [5.74, 6) is 1.55. The van der Waals surface area contributed by atoms with Crippen LogP contribution in [-0.4, -0.2) is 41.1 Å². The number of ketones is 1. The molecule has 40 heavy (non-hydrogen) atoms. The van der Waals surface area contributed by atoms with Crippen LogP contribution in [0.15, 0.2) is 48.8 Å². The summed E-state index contributed by atoms with van der Waals surface area (Å²) in [4.78, 5) is 19.9. The minimum atomic E-state index is -4.55. The SMILES string of the molecule is CC(=O)C[C@H]1CCCC(Oc2ccc(-c3ccc(-c4nc(C(F)(F)F)cn4COCC[Si](C)(C)C)cn3)cc2)C1. The molecule has 6 nitrogen and oxygen atoms in total. The molecule has 1 aliphatic carbocycles. The van der Waals surface area contributed by atoms with Crippen LogP contribution in [0.4, 0.5) is 13.2 Å². The lowest BCUT2D eigenvalue weighted by molar-refractivity contribution is -0.141. The van der Waals surface area contributed by atoms with E-state index in [0.717, 1.165) is 49.2 Å². The number of halogens is 3. The molecule has 1 aromatic carbocycles. The number of pyridine rings is 1. The number of hydrogen-bond acceptors (Lipinski definition) is 5. The number of hydrogen-bond donors (Lipinski definition) is 0. The number of imidazole rings is 1. The molecule has 1 fully saturated rings. The van der Waals surface area contributed by atoms with Crippen molar-refractivity contribution in [1.29, 1.82) is 0 Å². The van der Waals surface area contributed by atoms with Crippen molar-refractivity contribution in [2.45, 2.75) is 83.7 Å². The predicted molar refractivity (Wildman–Crippen MR) is 152 cm³/mol. The fourth-order valence-electron chi connectivity index (χ4n) is 4.96. The molecule has 1 saturated carbocycles. The smallest absolute Gasteiger partial charge is 0.434 e. The Labute approximate surface area is 235 Å². The van der Waals surface area contributed by atoms with Crippen molar-refractivity contribution in [2.24, 2.45) is 5.92 Å². The van der Waals surface area contributed by atoms with E-state index in [1.807, 2.05) is 24.3 Å². The standard InChI is InChI=1S/C30H38F3N3O3Si/c1-21(37)16-22-6-5-7-26(17-22)39-25-11-8-23(9-12-25)27-13-10-24(18-34-27)29-35-28(30(31,32)33)19-36(29)20-38-14-15-40(2,3)4/h8-13,18-19,22,26H,5-7,14-17,20H2,1-4H3/t22-,26?/m1/s1. The maximum absolute atomic E-state index is 13.4. The molecule has 1 aliphatic rings. The number of nitrogens with zero attached hydrogens (tertiary/aromatic N) is 3. The summed E-state index contributed by atoms with van der Waals surface area (Å²) in [6, 6.07) is 12.1. The number of ether oxygens (including phenoxy) is 2. The number of benzene rings is 1. The number of Topliss-reactive ketones (excluding diaryl/α,β-unsaturated/α-hetero) is 1. The summed E-state index contributed by atoms with van der Waals surface area (Å²) in [6.45, 7) is 8.78. The maximum Gasteiger partial charge on any atom is 0.434 e. The molecular weight excluding hydrogens is 535 g/mol. The fourth-order valence-corrected chi connectivity index (χ4v) is 5.71. The van der Waals surface area contributed by atoms with Gasteiger partial charge in [-0.15, -0.1) is 0 Å². The van der Waals surface area contributed by atoms with E-state index in [4.69, 9.17) is 9.47 Å². The summed E-state index contributed by atoms with van der Waals surface area (Å²) in [7, 11) is -1.32. The Morgan fingerprint density at radius 3 is 2.42 bits per heavy atom. The summed E-state index contributed by atoms with van der Waals surface area (Å²) < 4.78 is 53.6. The topological polar surface area (TPSA) is 66.2 Å². The Bertz CT molecular complexity index is 1270. The van der Waals surface area contributed by atoms with E-state index in [1.54, 1.807) is 19.1 Å². The van der Waals surface area contributed by atoms with Gasteiger partial charge in [-0.05, 0) is 81.0 Å². The lowest BCUT2D eigenvalue weighted by atomic mass is 9.84. The summed E-state index contributed by atoms with van der Waals surface area (Å²) in [5.41, 5.74) is 1.08. The van der Waals surface area contributed by atoms with Crippen molar-refractivity contribution in [3.8, 4) is 28.4 Å². The molecule has 0 amide bonds. The molecule has 2 aromatic heterocycles. The van der Waals surface area contributed by atoms with Crippen LogP contribution in [0, 0.1) is 5.92 Å². The van der Waals surface area contributed by atoms with Gasteiger partial charge in [-0.3, -0.25) is 4.98 Å². The van der Waals surface area contributed by atoms with Crippen LogP contribution in [0.2, 0.25) is 25.7 Å². The molecule has 216 valence electrons. The van der Waals surface area contributed by atoms with Crippen molar-refractivity contribution in [3.63, 3.8) is 0 Å². The van der Waals surface area contributed by atoms with Gasteiger partial charge in [0.2, 0.25) is 0 Å². The highest BCUT2D eigenvalue weighted by Gasteiger charge is 2.35. The summed E-state index contributed by atoms with van der Waals surface area (Å²) in [6.07, 6.45) is 2.70. The van der Waals surface area contributed by atoms with Crippen molar-refractivity contribution in [1.82, 2.24) is 14.5 Å². The van der Waals surface area contributed by atoms with Gasteiger partial charge in [0.25, 0.3) is 0 Å². The van der Waals surface area contributed by atoms with E-state index >= 15 is 0 Å². The van der Waals surface area contributed by atoms with Crippen molar-refractivity contribution < 1.29 is 27.4 Å². The lowest BCUT2D eigenvalue weighted by Gasteiger charge is -2.29. The molecule has 0 saturated heterocycles. The average molecular weight is 574 g/mol. The molecule has 10 heteroatoms. The minimum absolute atomic E-state index is 0.0113. The predicted octanol–water partition coefficient (Wildman–Crippen LogP) is 7.86. The molecule has 1 unspecified atom stereocenters. The van der Waals surface area contributed by atoms with Crippen molar-refractivity contribution in [3.05, 3.63) is 54.5 Å². The van der Waals surface area contributed by atoms with E-state index < -0.39 is 19.9 Å². The third-order valence-corrected chi connectivity index (χ3v) is 8.78. The van der Waals surface area contributed by atoms with Crippen LogP contribution >= 0.6 is 0 Å². The average Bonchev–Trinajstić information content (AvgIpc) is 3.31. The third-order valence-electron chi connectivity index (χ3n) is 7.08. The normalized spacial score (nSPS) is 18.1. The fraction of sp³-hybridized carbons (Fsp3) is 0.500. The highest BCUT2D eigenvalue weighted by molar-refractivity contribution is 6.76. The van der Waals surface area contributed by atoms with E-state index in [1.165, 1.54) is 10.8 Å². The van der Waals surface area contributed by atoms with Crippen LogP contribution in [0.5, 0.6) is 5.75 Å². The van der Waals surface area contributed by atoms with Gasteiger partial charge in [-0.25, -0.2) is 4.98 Å². The highest BCUT2D eigenvalue weighted by Crippen LogP contribution is 2.33. The Balaban J connectivity index is 1.43. The van der Waals surface area contributed by atoms with Gasteiger partial charge in [0.15, 0.2) is 5.69 Å². The number of aromatic nitrogens is 3. The van der Waals surface area contributed by atoms with Gasteiger partial charge in [0, 0.05) is 44.6 Å². The molecule has 2 heterocycles. The number of rotatable bonds is 11. The second-order valence-electron chi connectivity index (χ2n) is 11.9. The highest BCUT2D eigenvalue weighted by atomic mass is 28.3. The van der Waals surface area contributed by atoms with Crippen LogP contribution in [0.25, 0.3) is 22.6 Å². The third kappa shape index (κ3) is 8.51. The first-order valence-corrected chi connectivity index (χ1v) is 17.5. The Kier molecular flexibility index (Phi) is 9.51. The van der Waals surface area contributed by atoms with E-state index in [9.17, 15) is 18.0 Å². The first-order chi connectivity index (χ1) is 18.9. The Hall–Kier alpha value is -2.98. The summed E-state index contributed by atoms with van der Waals surface area (Å²) in [5, 5.41) is 0. The van der Waals surface area contributed by atoms with Gasteiger partial charge < -0.3 is 18.8 Å². The second-order valence-corrected chi connectivity index (χ2v) is 17.5. The van der Waals surface area contributed by atoms with Crippen LogP contribution in [0.3, 0.4) is 0 Å². The molecule has 0 radical (unpaired) electrons. The number of carbonyl (C=O) groups is 1. The van der Waals surface area contributed by atoms with Crippen LogP contribution in [0.1, 0.15) is 44.7 Å². The van der Waals surface area contributed by atoms with Crippen LogP contribution < -0.4 is 4.74 Å². The number of carbonyl (C=O) groups excluding carboxylic acids is 1. The van der Waals surface area contributed by atoms with E-state index in [2.05, 4.69) is 29.6 Å². The van der Waals surface area contributed by atoms with Gasteiger partial charge in [-0.1, -0.05) is 19.6 Å². The van der Waals surface area contributed by atoms with Crippen LogP contribution in [-0.2, 0) is 22.4 Å². The first-order valence-electron chi connectivity index (χ1n) is 13.8. The quantitative estimate of drug-likeness (QED) is 0.173. The minimum Gasteiger partial charge on any atom is -0.490 e. The zero-order valence-electron chi connectivity index (χ0n) is 23.6. The van der Waals surface area contributed by atoms with E-state index in [-0.39, 0.29) is 24.4 Å². The van der Waals surface area contributed by atoms with Gasteiger partial charge in [0.05, 0.1) is 11.8 Å².